The number of aromatic nitrogens is 3. The van der Waals surface area contributed by atoms with E-state index in [0.717, 1.165) is 0 Å². The lowest BCUT2D eigenvalue weighted by molar-refractivity contribution is -0.115. The van der Waals surface area contributed by atoms with Gasteiger partial charge in [-0.05, 0) is 0 Å². The Labute approximate surface area is 116 Å². The molecule has 6 nitrogen and oxygen atoms in total. The molecule has 0 spiro atoms. The van der Waals surface area contributed by atoms with E-state index >= 15 is 0 Å². The molecule has 94 valence electrons. The van der Waals surface area contributed by atoms with Crippen molar-refractivity contribution in [2.75, 3.05) is 11.1 Å². The highest BCUT2D eigenvalue weighted by molar-refractivity contribution is 7.13. The van der Waals surface area contributed by atoms with Crippen LogP contribution in [0.5, 0.6) is 0 Å². The molecule has 0 fully saturated rings. The molecule has 2 heterocycles. The Morgan fingerprint density at radius 3 is 2.61 bits per heavy atom. The van der Waals surface area contributed by atoms with Crippen LogP contribution in [0.2, 0.25) is 10.3 Å². The quantitative estimate of drug-likeness (QED) is 0.846. The average Bonchev–Trinajstić information content (AvgIpc) is 2.69. The van der Waals surface area contributed by atoms with Gasteiger partial charge in [0.2, 0.25) is 5.91 Å². The van der Waals surface area contributed by atoms with Gasteiger partial charge in [-0.15, -0.1) is 11.3 Å². The average molecular weight is 304 g/mol. The number of thiazole rings is 1. The van der Waals surface area contributed by atoms with Gasteiger partial charge in [0.05, 0.1) is 12.1 Å². The second-order valence-corrected chi connectivity index (χ2v) is 4.84. The Morgan fingerprint density at radius 1 is 1.39 bits per heavy atom. The Kier molecular flexibility index (Phi) is 3.95. The number of amides is 1. The van der Waals surface area contributed by atoms with Crippen LogP contribution in [0.25, 0.3) is 0 Å². The summed E-state index contributed by atoms with van der Waals surface area (Å²) in [7, 11) is 0. The van der Waals surface area contributed by atoms with E-state index in [1.807, 2.05) is 0 Å². The molecule has 3 N–H and O–H groups in total. The Bertz CT molecular complexity index is 568. The first-order valence-corrected chi connectivity index (χ1v) is 6.35. The number of rotatable bonds is 3. The van der Waals surface area contributed by atoms with Crippen LogP contribution in [0.1, 0.15) is 5.69 Å². The standard InChI is InChI=1S/C9H7Cl2N5OS/c10-7-6(8(11)14-3-13-7)16-5(17)1-4-2-18-9(12)15-4/h2-3H,1H2,(H2,12,15)(H,16,17). The highest BCUT2D eigenvalue weighted by Gasteiger charge is 2.13. The maximum absolute atomic E-state index is 11.7. The summed E-state index contributed by atoms with van der Waals surface area (Å²) in [5.74, 6) is -0.320. The fourth-order valence-corrected chi connectivity index (χ4v) is 2.17. The minimum Gasteiger partial charge on any atom is -0.375 e. The third-order valence-corrected chi connectivity index (χ3v) is 3.23. The SMILES string of the molecule is Nc1nc(CC(=O)Nc2c(Cl)ncnc2Cl)cs1. The number of nitrogens with zero attached hydrogens (tertiary/aromatic N) is 3. The first-order chi connectivity index (χ1) is 8.56. The molecule has 0 aliphatic carbocycles. The molecule has 0 aromatic carbocycles. The van der Waals surface area contributed by atoms with Gasteiger partial charge in [-0.3, -0.25) is 4.79 Å². The van der Waals surface area contributed by atoms with Gasteiger partial charge in [0.15, 0.2) is 15.4 Å². The summed E-state index contributed by atoms with van der Waals surface area (Å²) < 4.78 is 0. The van der Waals surface area contributed by atoms with Crippen LogP contribution >= 0.6 is 34.5 Å². The predicted octanol–water partition coefficient (Wildman–Crippen LogP) is 2.00. The first kappa shape index (κ1) is 13.0. The molecule has 0 bridgehead atoms. The summed E-state index contributed by atoms with van der Waals surface area (Å²) in [5.41, 5.74) is 6.24. The second-order valence-electron chi connectivity index (χ2n) is 3.23. The molecule has 2 rings (SSSR count). The van der Waals surface area contributed by atoms with Crippen LogP contribution in [0.4, 0.5) is 10.8 Å². The van der Waals surface area contributed by atoms with E-state index in [1.54, 1.807) is 5.38 Å². The first-order valence-electron chi connectivity index (χ1n) is 4.72. The second kappa shape index (κ2) is 5.47. The van der Waals surface area contributed by atoms with Crippen molar-refractivity contribution < 1.29 is 4.79 Å². The van der Waals surface area contributed by atoms with Crippen LogP contribution in [0.15, 0.2) is 11.7 Å². The van der Waals surface area contributed by atoms with Gasteiger partial charge >= 0.3 is 0 Å². The molecule has 0 saturated carbocycles. The maximum Gasteiger partial charge on any atom is 0.230 e. The third-order valence-electron chi connectivity index (χ3n) is 1.93. The number of halogens is 2. The molecule has 1 amide bonds. The number of anilines is 2. The van der Waals surface area contributed by atoms with E-state index < -0.39 is 0 Å². The van der Waals surface area contributed by atoms with Crippen molar-refractivity contribution in [1.29, 1.82) is 0 Å². The monoisotopic (exact) mass is 303 g/mol. The highest BCUT2D eigenvalue weighted by Crippen LogP contribution is 2.25. The van der Waals surface area contributed by atoms with E-state index in [2.05, 4.69) is 20.3 Å². The number of hydrogen-bond donors (Lipinski definition) is 2. The number of nitrogens with two attached hydrogens (primary N) is 1. The fraction of sp³-hybridized carbons (Fsp3) is 0.111. The van der Waals surface area contributed by atoms with Crippen LogP contribution < -0.4 is 11.1 Å². The molecule has 2 aromatic rings. The minimum atomic E-state index is -0.320. The van der Waals surface area contributed by atoms with Gasteiger partial charge in [0.25, 0.3) is 0 Å². The summed E-state index contributed by atoms with van der Waals surface area (Å²) >= 11 is 12.9. The lowest BCUT2D eigenvalue weighted by Gasteiger charge is -2.06. The van der Waals surface area contributed by atoms with Gasteiger partial charge in [-0.25, -0.2) is 15.0 Å². The summed E-state index contributed by atoms with van der Waals surface area (Å²) in [5, 5.41) is 4.82. The molecule has 18 heavy (non-hydrogen) atoms. The molecule has 0 atom stereocenters. The Balaban J connectivity index is 2.08. The summed E-state index contributed by atoms with van der Waals surface area (Å²) in [6.07, 6.45) is 1.29. The molecule has 0 unspecified atom stereocenters. The van der Waals surface area contributed by atoms with Gasteiger partial charge in [-0.1, -0.05) is 23.2 Å². The Hall–Kier alpha value is -1.44. The smallest absolute Gasteiger partial charge is 0.230 e. The van der Waals surface area contributed by atoms with Crippen LogP contribution in [0.3, 0.4) is 0 Å². The van der Waals surface area contributed by atoms with Crippen molar-refractivity contribution in [3.63, 3.8) is 0 Å². The number of carbonyl (C=O) groups excluding carboxylic acids is 1. The molecule has 2 aromatic heterocycles. The van der Waals surface area contributed by atoms with Crippen molar-refractivity contribution in [2.24, 2.45) is 0 Å². The van der Waals surface area contributed by atoms with E-state index in [9.17, 15) is 4.79 Å². The number of carbonyl (C=O) groups is 1. The van der Waals surface area contributed by atoms with Gasteiger partial charge in [-0.2, -0.15) is 0 Å². The maximum atomic E-state index is 11.7. The van der Waals surface area contributed by atoms with Crippen molar-refractivity contribution in [1.82, 2.24) is 15.0 Å². The zero-order valence-electron chi connectivity index (χ0n) is 8.85. The molecule has 0 saturated heterocycles. The third kappa shape index (κ3) is 3.06. The largest absolute Gasteiger partial charge is 0.375 e. The zero-order valence-corrected chi connectivity index (χ0v) is 11.2. The van der Waals surface area contributed by atoms with E-state index in [-0.39, 0.29) is 28.3 Å². The minimum absolute atomic E-state index is 0.0786. The van der Waals surface area contributed by atoms with Crippen molar-refractivity contribution >= 4 is 51.3 Å². The molecular weight excluding hydrogens is 297 g/mol. The molecule has 0 aliphatic heterocycles. The van der Waals surface area contributed by atoms with E-state index in [4.69, 9.17) is 28.9 Å². The van der Waals surface area contributed by atoms with Gasteiger partial charge in [0, 0.05) is 5.38 Å². The predicted molar refractivity (Wildman–Crippen MR) is 70.9 cm³/mol. The van der Waals surface area contributed by atoms with Crippen LogP contribution in [-0.2, 0) is 11.2 Å². The molecule has 9 heteroatoms. The highest BCUT2D eigenvalue weighted by atomic mass is 35.5. The van der Waals surface area contributed by atoms with Crippen LogP contribution in [0, 0.1) is 0 Å². The lowest BCUT2D eigenvalue weighted by Crippen LogP contribution is -2.15. The topological polar surface area (TPSA) is 93.8 Å². The number of hydrogen-bond acceptors (Lipinski definition) is 6. The van der Waals surface area contributed by atoms with Crippen molar-refractivity contribution in [3.05, 3.63) is 27.7 Å². The zero-order chi connectivity index (χ0) is 13.1. The number of nitrogen functional groups attached to an aromatic ring is 1. The van der Waals surface area contributed by atoms with E-state index in [1.165, 1.54) is 17.7 Å². The Morgan fingerprint density at radius 2 is 2.06 bits per heavy atom. The van der Waals surface area contributed by atoms with Crippen LogP contribution in [-0.4, -0.2) is 20.9 Å². The number of nitrogens with one attached hydrogen (secondary N) is 1. The summed E-state index contributed by atoms with van der Waals surface area (Å²) in [6.45, 7) is 0. The molecule has 0 aliphatic rings. The van der Waals surface area contributed by atoms with Gasteiger partial charge in [0.1, 0.15) is 12.0 Å². The molecule has 0 radical (unpaired) electrons. The lowest BCUT2D eigenvalue weighted by atomic mass is 10.3. The molecular formula is C9H7Cl2N5OS. The summed E-state index contributed by atoms with van der Waals surface area (Å²) in [6, 6.07) is 0. The van der Waals surface area contributed by atoms with Crippen molar-refractivity contribution in [3.8, 4) is 0 Å². The summed E-state index contributed by atoms with van der Waals surface area (Å²) in [4.78, 5) is 23.2. The fourth-order valence-electron chi connectivity index (χ4n) is 1.20. The van der Waals surface area contributed by atoms with Crippen molar-refractivity contribution in [2.45, 2.75) is 6.42 Å². The normalized spacial score (nSPS) is 10.3. The van der Waals surface area contributed by atoms with Gasteiger partial charge < -0.3 is 11.1 Å². The van der Waals surface area contributed by atoms with E-state index in [0.29, 0.717) is 10.8 Å².